The third-order valence-electron chi connectivity index (χ3n) is 3.61. The van der Waals surface area contributed by atoms with Crippen LogP contribution in [-0.2, 0) is 9.59 Å². The highest BCUT2D eigenvalue weighted by atomic mass is 16.6. The predicted molar refractivity (Wildman–Crippen MR) is 90.8 cm³/mol. The van der Waals surface area contributed by atoms with E-state index in [-0.39, 0.29) is 29.4 Å². The summed E-state index contributed by atoms with van der Waals surface area (Å²) in [5.74, 6) is -1.64. The van der Waals surface area contributed by atoms with Crippen LogP contribution in [0.4, 0.5) is 11.4 Å². The molecular weight excluding hydrogens is 358 g/mol. The van der Waals surface area contributed by atoms with Gasteiger partial charge < -0.3 is 4.74 Å². The van der Waals surface area contributed by atoms with Crippen LogP contribution in [0.2, 0.25) is 0 Å². The summed E-state index contributed by atoms with van der Waals surface area (Å²) in [6.45, 7) is -0.767. The number of ether oxygens (including phenoxy) is 1. The average molecular weight is 371 g/mol. The summed E-state index contributed by atoms with van der Waals surface area (Å²) < 4.78 is 5.21. The molecular formula is C16H13N5O6. The van der Waals surface area contributed by atoms with Crippen molar-refractivity contribution >= 4 is 29.1 Å². The predicted octanol–water partition coefficient (Wildman–Crippen LogP) is 0.176. The average Bonchev–Trinajstić information content (AvgIpc) is 2.68. The van der Waals surface area contributed by atoms with Gasteiger partial charge in [0.2, 0.25) is 0 Å². The van der Waals surface area contributed by atoms with Gasteiger partial charge in [0.15, 0.2) is 6.61 Å². The highest BCUT2D eigenvalue weighted by molar-refractivity contribution is 6.03. The Morgan fingerprint density at radius 3 is 2.78 bits per heavy atom. The molecule has 0 atom stereocenters. The van der Waals surface area contributed by atoms with Crippen molar-refractivity contribution < 1.29 is 24.0 Å². The number of aromatic nitrogens is 1. The van der Waals surface area contributed by atoms with Crippen molar-refractivity contribution in [2.75, 3.05) is 18.1 Å². The minimum absolute atomic E-state index is 0.0984. The second-order valence-electron chi connectivity index (χ2n) is 5.39. The molecule has 27 heavy (non-hydrogen) atoms. The van der Waals surface area contributed by atoms with Crippen LogP contribution in [0.15, 0.2) is 42.6 Å². The monoisotopic (exact) mass is 371 g/mol. The van der Waals surface area contributed by atoms with Gasteiger partial charge >= 0.3 is 0 Å². The summed E-state index contributed by atoms with van der Waals surface area (Å²) in [7, 11) is 0. The number of nitro groups is 1. The maximum absolute atomic E-state index is 12.1. The van der Waals surface area contributed by atoms with Crippen LogP contribution < -0.4 is 20.5 Å². The minimum Gasteiger partial charge on any atom is -0.482 e. The van der Waals surface area contributed by atoms with E-state index in [0.29, 0.717) is 0 Å². The Hall–Kier alpha value is -4.02. The highest BCUT2D eigenvalue weighted by Crippen LogP contribution is 2.34. The zero-order chi connectivity index (χ0) is 19.4. The Morgan fingerprint density at radius 1 is 1.26 bits per heavy atom. The van der Waals surface area contributed by atoms with E-state index in [9.17, 15) is 24.5 Å². The number of carbonyl (C=O) groups is 3. The lowest BCUT2D eigenvalue weighted by atomic mass is 10.2. The number of hydrogen-bond donors (Lipinski definition) is 2. The molecule has 1 aromatic heterocycles. The van der Waals surface area contributed by atoms with Crippen LogP contribution in [0.1, 0.15) is 10.5 Å². The topological polar surface area (TPSA) is 144 Å². The van der Waals surface area contributed by atoms with Gasteiger partial charge in [-0.15, -0.1) is 0 Å². The Labute approximate surface area is 152 Å². The number of anilines is 1. The lowest BCUT2D eigenvalue weighted by molar-refractivity contribution is -0.384. The van der Waals surface area contributed by atoms with Gasteiger partial charge in [0.05, 0.1) is 10.6 Å². The molecule has 0 saturated heterocycles. The largest absolute Gasteiger partial charge is 0.482 e. The number of hydrazine groups is 1. The van der Waals surface area contributed by atoms with Crippen molar-refractivity contribution in [1.82, 2.24) is 15.8 Å². The molecule has 2 aromatic rings. The standard InChI is InChI=1S/C16H13N5O6/c22-14(18-19-16(24)11-3-1-2-6-17-11)8-20-12-7-10(21(25)26)4-5-13(12)27-9-15(20)23/h1-7H,8-9H2,(H,18,22)(H,19,24). The van der Waals surface area contributed by atoms with Crippen molar-refractivity contribution in [3.8, 4) is 5.75 Å². The van der Waals surface area contributed by atoms with Crippen LogP contribution in [0.5, 0.6) is 5.75 Å². The molecule has 2 heterocycles. The molecule has 2 N–H and O–H groups in total. The molecule has 0 saturated carbocycles. The maximum atomic E-state index is 12.1. The summed E-state index contributed by atoms with van der Waals surface area (Å²) in [6.07, 6.45) is 1.42. The maximum Gasteiger partial charge on any atom is 0.288 e. The van der Waals surface area contributed by atoms with E-state index in [4.69, 9.17) is 4.74 Å². The van der Waals surface area contributed by atoms with Crippen molar-refractivity contribution in [3.63, 3.8) is 0 Å². The molecule has 11 nitrogen and oxygen atoms in total. The molecule has 0 spiro atoms. The summed E-state index contributed by atoms with van der Waals surface area (Å²) in [6, 6.07) is 8.44. The van der Waals surface area contributed by atoms with E-state index >= 15 is 0 Å². The lowest BCUT2D eigenvalue weighted by Gasteiger charge is -2.28. The normalized spacial score (nSPS) is 12.6. The van der Waals surface area contributed by atoms with Gasteiger partial charge in [0.1, 0.15) is 18.0 Å². The molecule has 0 unspecified atom stereocenters. The molecule has 3 amide bonds. The van der Waals surface area contributed by atoms with Gasteiger partial charge in [-0.25, -0.2) is 0 Å². The molecule has 1 aromatic carbocycles. The van der Waals surface area contributed by atoms with Crippen LogP contribution in [0.3, 0.4) is 0 Å². The Kier molecular flexibility index (Phi) is 4.92. The number of nitrogens with one attached hydrogen (secondary N) is 2. The van der Waals surface area contributed by atoms with Gasteiger partial charge in [-0.05, 0) is 18.2 Å². The first kappa shape index (κ1) is 17.8. The van der Waals surface area contributed by atoms with Crippen molar-refractivity contribution in [1.29, 1.82) is 0 Å². The first-order valence-electron chi connectivity index (χ1n) is 7.67. The fourth-order valence-corrected chi connectivity index (χ4v) is 2.35. The fourth-order valence-electron chi connectivity index (χ4n) is 2.35. The number of nitro benzene ring substituents is 1. The zero-order valence-electron chi connectivity index (χ0n) is 13.7. The first-order valence-corrected chi connectivity index (χ1v) is 7.67. The minimum atomic E-state index is -0.702. The van der Waals surface area contributed by atoms with Crippen molar-refractivity contribution in [3.05, 3.63) is 58.4 Å². The number of hydrogen-bond acceptors (Lipinski definition) is 7. The van der Waals surface area contributed by atoms with Gasteiger partial charge in [0.25, 0.3) is 23.4 Å². The van der Waals surface area contributed by atoms with Crippen LogP contribution >= 0.6 is 0 Å². The molecule has 0 fully saturated rings. The van der Waals surface area contributed by atoms with Gasteiger partial charge in [0, 0.05) is 18.3 Å². The number of benzene rings is 1. The van der Waals surface area contributed by atoms with Crippen LogP contribution in [-0.4, -0.2) is 40.8 Å². The van der Waals surface area contributed by atoms with Crippen LogP contribution in [0.25, 0.3) is 0 Å². The number of amides is 3. The molecule has 0 bridgehead atoms. The van der Waals surface area contributed by atoms with E-state index in [2.05, 4.69) is 15.8 Å². The summed E-state index contributed by atoms with van der Waals surface area (Å²) in [5, 5.41) is 10.9. The van der Waals surface area contributed by atoms with E-state index in [0.717, 1.165) is 11.0 Å². The second kappa shape index (κ2) is 7.47. The smallest absolute Gasteiger partial charge is 0.288 e. The fraction of sp³-hybridized carbons (Fsp3) is 0.125. The summed E-state index contributed by atoms with van der Waals surface area (Å²) in [5.41, 5.74) is 4.30. The summed E-state index contributed by atoms with van der Waals surface area (Å²) >= 11 is 0. The number of pyridine rings is 1. The van der Waals surface area contributed by atoms with E-state index in [1.54, 1.807) is 12.1 Å². The third kappa shape index (κ3) is 3.98. The molecule has 1 aliphatic rings. The Balaban J connectivity index is 1.69. The zero-order valence-corrected chi connectivity index (χ0v) is 13.7. The van der Waals surface area contributed by atoms with Crippen LogP contribution in [0, 0.1) is 10.1 Å². The van der Waals surface area contributed by atoms with E-state index in [1.165, 1.54) is 24.4 Å². The third-order valence-corrected chi connectivity index (χ3v) is 3.61. The molecule has 1 aliphatic heterocycles. The van der Waals surface area contributed by atoms with Crippen molar-refractivity contribution in [2.24, 2.45) is 0 Å². The van der Waals surface area contributed by atoms with Gasteiger partial charge in [-0.3, -0.25) is 45.2 Å². The lowest BCUT2D eigenvalue weighted by Crippen LogP contribution is -2.49. The molecule has 3 rings (SSSR count). The number of fused-ring (bicyclic) bond motifs is 1. The number of carbonyl (C=O) groups excluding carboxylic acids is 3. The quantitative estimate of drug-likeness (QED) is 0.576. The van der Waals surface area contributed by atoms with Gasteiger partial charge in [-0.2, -0.15) is 0 Å². The highest BCUT2D eigenvalue weighted by Gasteiger charge is 2.29. The number of non-ortho nitro benzene ring substituents is 1. The van der Waals surface area contributed by atoms with E-state index in [1.807, 2.05) is 0 Å². The first-order chi connectivity index (χ1) is 13.0. The molecule has 0 aliphatic carbocycles. The van der Waals surface area contributed by atoms with E-state index < -0.39 is 29.2 Å². The van der Waals surface area contributed by atoms with Crippen molar-refractivity contribution in [2.45, 2.75) is 0 Å². The Bertz CT molecular complexity index is 917. The molecule has 138 valence electrons. The number of rotatable bonds is 4. The Morgan fingerprint density at radius 2 is 2.07 bits per heavy atom. The summed E-state index contributed by atoms with van der Waals surface area (Å²) in [4.78, 5) is 51.3. The molecule has 0 radical (unpaired) electrons. The molecule has 11 heteroatoms. The second-order valence-corrected chi connectivity index (χ2v) is 5.39. The van der Waals surface area contributed by atoms with Gasteiger partial charge in [-0.1, -0.05) is 6.07 Å². The SMILES string of the molecule is O=C(CN1C(=O)COc2ccc([N+](=O)[O-])cc21)NNC(=O)c1ccccn1. The number of nitrogens with zero attached hydrogens (tertiary/aromatic N) is 3.